The summed E-state index contributed by atoms with van der Waals surface area (Å²) in [6.07, 6.45) is 3.11. The molecule has 0 aliphatic heterocycles. The molecule has 86 valence electrons. The standard InChI is InChI=1S/C10H18N2O3/c1-8(2)12-9(13)4-6-11-7-5-10(14)15-3/h5,7-8,11H,4,6H2,1-3H3,(H,12,13)/b7-5+. The Bertz CT molecular complexity index is 237. The molecule has 0 aromatic carbocycles. The molecule has 0 saturated heterocycles. The fourth-order valence-electron chi connectivity index (χ4n) is 0.858. The summed E-state index contributed by atoms with van der Waals surface area (Å²) in [4.78, 5) is 21.8. The number of carbonyl (C=O) groups is 2. The first-order chi connectivity index (χ1) is 7.06. The molecule has 1 amide bonds. The molecule has 0 heterocycles. The largest absolute Gasteiger partial charge is 0.466 e. The van der Waals surface area contributed by atoms with Crippen molar-refractivity contribution in [1.29, 1.82) is 0 Å². The fourth-order valence-corrected chi connectivity index (χ4v) is 0.858. The highest BCUT2D eigenvalue weighted by atomic mass is 16.5. The van der Waals surface area contributed by atoms with Crippen LogP contribution >= 0.6 is 0 Å². The second kappa shape index (κ2) is 7.84. The van der Waals surface area contributed by atoms with E-state index in [1.165, 1.54) is 19.4 Å². The van der Waals surface area contributed by atoms with E-state index in [0.717, 1.165) is 0 Å². The summed E-state index contributed by atoms with van der Waals surface area (Å²) in [5.41, 5.74) is 0. The third-order valence-electron chi connectivity index (χ3n) is 1.48. The van der Waals surface area contributed by atoms with Gasteiger partial charge in [0.25, 0.3) is 0 Å². The van der Waals surface area contributed by atoms with E-state index in [4.69, 9.17) is 0 Å². The zero-order chi connectivity index (χ0) is 11.7. The molecule has 0 bridgehead atoms. The van der Waals surface area contributed by atoms with E-state index in [1.807, 2.05) is 13.8 Å². The number of carbonyl (C=O) groups excluding carboxylic acids is 2. The molecule has 2 N–H and O–H groups in total. The summed E-state index contributed by atoms with van der Waals surface area (Å²) in [6.45, 7) is 4.30. The average molecular weight is 214 g/mol. The molecule has 0 unspecified atom stereocenters. The van der Waals surface area contributed by atoms with Gasteiger partial charge in [0.05, 0.1) is 7.11 Å². The molecule has 0 aliphatic rings. The second-order valence-corrected chi connectivity index (χ2v) is 3.28. The summed E-state index contributed by atoms with van der Waals surface area (Å²) >= 11 is 0. The van der Waals surface area contributed by atoms with Gasteiger partial charge in [0.1, 0.15) is 0 Å². The second-order valence-electron chi connectivity index (χ2n) is 3.28. The molecule has 0 rings (SSSR count). The summed E-state index contributed by atoms with van der Waals surface area (Å²) in [6, 6.07) is 0.156. The van der Waals surface area contributed by atoms with Gasteiger partial charge < -0.3 is 15.4 Å². The number of nitrogens with one attached hydrogen (secondary N) is 2. The lowest BCUT2D eigenvalue weighted by Crippen LogP contribution is -2.31. The van der Waals surface area contributed by atoms with E-state index in [1.54, 1.807) is 0 Å². The molecule has 0 saturated carbocycles. The molecule has 5 nitrogen and oxygen atoms in total. The van der Waals surface area contributed by atoms with Crippen molar-refractivity contribution in [1.82, 2.24) is 10.6 Å². The summed E-state index contributed by atoms with van der Waals surface area (Å²) in [5, 5.41) is 5.57. The highest BCUT2D eigenvalue weighted by Crippen LogP contribution is 1.82. The third-order valence-corrected chi connectivity index (χ3v) is 1.48. The first kappa shape index (κ1) is 13.5. The average Bonchev–Trinajstić information content (AvgIpc) is 2.15. The number of amides is 1. The Morgan fingerprint density at radius 3 is 2.60 bits per heavy atom. The van der Waals surface area contributed by atoms with Crippen molar-refractivity contribution in [3.63, 3.8) is 0 Å². The molecular weight excluding hydrogens is 196 g/mol. The fraction of sp³-hybridized carbons (Fsp3) is 0.600. The zero-order valence-corrected chi connectivity index (χ0v) is 9.37. The Balaban J connectivity index is 3.50. The number of esters is 1. The molecule has 5 heteroatoms. The molecule has 0 radical (unpaired) electrons. The van der Waals surface area contributed by atoms with Crippen molar-refractivity contribution in [3.8, 4) is 0 Å². The summed E-state index contributed by atoms with van der Waals surface area (Å²) < 4.78 is 4.39. The van der Waals surface area contributed by atoms with Crippen LogP contribution in [0.2, 0.25) is 0 Å². The van der Waals surface area contributed by atoms with Crippen LogP contribution in [0.4, 0.5) is 0 Å². The van der Waals surface area contributed by atoms with E-state index in [2.05, 4.69) is 15.4 Å². The Labute approximate surface area is 89.9 Å². The number of ether oxygens (including phenoxy) is 1. The van der Waals surface area contributed by atoms with Crippen LogP contribution in [-0.4, -0.2) is 31.6 Å². The topological polar surface area (TPSA) is 67.4 Å². The van der Waals surface area contributed by atoms with Crippen LogP contribution in [0.5, 0.6) is 0 Å². The van der Waals surface area contributed by atoms with E-state index < -0.39 is 5.97 Å². The van der Waals surface area contributed by atoms with Crippen molar-refractivity contribution in [2.24, 2.45) is 0 Å². The molecule has 0 aromatic heterocycles. The van der Waals surface area contributed by atoms with Gasteiger partial charge in [-0.2, -0.15) is 0 Å². The van der Waals surface area contributed by atoms with E-state index in [-0.39, 0.29) is 11.9 Å². The van der Waals surface area contributed by atoms with Crippen molar-refractivity contribution in [2.75, 3.05) is 13.7 Å². The van der Waals surface area contributed by atoms with Gasteiger partial charge in [0.2, 0.25) is 5.91 Å². The number of hydrogen-bond donors (Lipinski definition) is 2. The maximum absolute atomic E-state index is 11.1. The summed E-state index contributed by atoms with van der Waals surface area (Å²) in [7, 11) is 1.31. The SMILES string of the molecule is COC(=O)/C=C/NCCC(=O)NC(C)C. The van der Waals surface area contributed by atoms with Crippen molar-refractivity contribution >= 4 is 11.9 Å². The zero-order valence-electron chi connectivity index (χ0n) is 9.37. The lowest BCUT2D eigenvalue weighted by atomic mass is 10.3. The minimum absolute atomic E-state index is 0.0102. The third kappa shape index (κ3) is 8.80. The molecular formula is C10H18N2O3. The predicted octanol–water partition coefficient (Wildman–Crippen LogP) is 0.177. The van der Waals surface area contributed by atoms with Crippen molar-refractivity contribution in [2.45, 2.75) is 26.3 Å². The maximum Gasteiger partial charge on any atom is 0.331 e. The molecule has 0 spiro atoms. The molecule has 15 heavy (non-hydrogen) atoms. The van der Waals surface area contributed by atoms with Gasteiger partial charge in [-0.1, -0.05) is 0 Å². The Kier molecular flexibility index (Phi) is 7.05. The maximum atomic E-state index is 11.1. The van der Waals surface area contributed by atoms with Crippen molar-refractivity contribution in [3.05, 3.63) is 12.3 Å². The minimum atomic E-state index is -0.422. The normalized spacial score (nSPS) is 10.4. The monoisotopic (exact) mass is 214 g/mol. The van der Waals surface area contributed by atoms with Crippen LogP contribution in [-0.2, 0) is 14.3 Å². The number of rotatable bonds is 6. The predicted molar refractivity (Wildman–Crippen MR) is 57.1 cm³/mol. The quantitative estimate of drug-likeness (QED) is 0.376. The smallest absolute Gasteiger partial charge is 0.331 e. The lowest BCUT2D eigenvalue weighted by molar-refractivity contribution is -0.134. The highest BCUT2D eigenvalue weighted by Gasteiger charge is 2.00. The van der Waals surface area contributed by atoms with Gasteiger partial charge in [-0.15, -0.1) is 0 Å². The van der Waals surface area contributed by atoms with Gasteiger partial charge in [-0.3, -0.25) is 4.79 Å². The Morgan fingerprint density at radius 2 is 2.07 bits per heavy atom. The van der Waals surface area contributed by atoms with Crippen LogP contribution in [0.1, 0.15) is 20.3 Å². The van der Waals surface area contributed by atoms with E-state index >= 15 is 0 Å². The number of hydrogen-bond acceptors (Lipinski definition) is 4. The van der Waals surface area contributed by atoms with Crippen LogP contribution in [0.25, 0.3) is 0 Å². The van der Waals surface area contributed by atoms with Gasteiger partial charge in [-0.05, 0) is 13.8 Å². The highest BCUT2D eigenvalue weighted by molar-refractivity contribution is 5.81. The van der Waals surface area contributed by atoms with Gasteiger partial charge in [0.15, 0.2) is 0 Å². The molecule has 0 fully saturated rings. The Hall–Kier alpha value is -1.52. The summed E-state index contributed by atoms with van der Waals surface area (Å²) in [5.74, 6) is -0.432. The molecule has 0 atom stereocenters. The lowest BCUT2D eigenvalue weighted by Gasteiger charge is -2.07. The van der Waals surface area contributed by atoms with Crippen LogP contribution in [0, 0.1) is 0 Å². The van der Waals surface area contributed by atoms with Gasteiger partial charge in [0, 0.05) is 31.3 Å². The van der Waals surface area contributed by atoms with Crippen molar-refractivity contribution < 1.29 is 14.3 Å². The van der Waals surface area contributed by atoms with Gasteiger partial charge in [-0.25, -0.2) is 4.79 Å². The van der Waals surface area contributed by atoms with Gasteiger partial charge >= 0.3 is 5.97 Å². The first-order valence-corrected chi connectivity index (χ1v) is 4.83. The minimum Gasteiger partial charge on any atom is -0.466 e. The van der Waals surface area contributed by atoms with Crippen LogP contribution in [0.15, 0.2) is 12.3 Å². The molecule has 0 aromatic rings. The molecule has 0 aliphatic carbocycles. The van der Waals surface area contributed by atoms with E-state index in [9.17, 15) is 9.59 Å². The number of methoxy groups -OCH3 is 1. The van der Waals surface area contributed by atoms with E-state index in [0.29, 0.717) is 13.0 Å². The Morgan fingerprint density at radius 1 is 1.40 bits per heavy atom. The van der Waals surface area contributed by atoms with Crippen LogP contribution < -0.4 is 10.6 Å². The van der Waals surface area contributed by atoms with Crippen LogP contribution in [0.3, 0.4) is 0 Å². The first-order valence-electron chi connectivity index (χ1n) is 4.83.